The molecule has 3 unspecified atom stereocenters. The van der Waals surface area contributed by atoms with Crippen molar-refractivity contribution in [1.82, 2.24) is 10.2 Å². The van der Waals surface area contributed by atoms with Crippen molar-refractivity contribution in [2.45, 2.75) is 59.0 Å². The summed E-state index contributed by atoms with van der Waals surface area (Å²) in [5, 5.41) is 3.60. The van der Waals surface area contributed by atoms with Gasteiger partial charge < -0.3 is 5.32 Å². The van der Waals surface area contributed by atoms with Crippen molar-refractivity contribution in [3.05, 3.63) is 0 Å². The first-order chi connectivity index (χ1) is 7.13. The molecule has 0 aromatic carbocycles. The maximum atomic E-state index is 3.60. The molecule has 0 saturated carbocycles. The molecule has 2 heteroatoms. The second kappa shape index (κ2) is 6.49. The van der Waals surface area contributed by atoms with Crippen molar-refractivity contribution in [3.63, 3.8) is 0 Å². The van der Waals surface area contributed by atoms with Gasteiger partial charge >= 0.3 is 0 Å². The monoisotopic (exact) mass is 212 g/mol. The third kappa shape index (κ3) is 4.52. The summed E-state index contributed by atoms with van der Waals surface area (Å²) in [5.74, 6) is 0.893. The Bertz CT molecular complexity index is 170. The van der Waals surface area contributed by atoms with E-state index in [0.717, 1.165) is 12.5 Å². The van der Waals surface area contributed by atoms with Crippen LogP contribution in [0.2, 0.25) is 0 Å². The molecule has 0 amide bonds. The first-order valence-electron chi connectivity index (χ1n) is 6.61. The van der Waals surface area contributed by atoms with Gasteiger partial charge in [-0.05, 0) is 45.6 Å². The molecule has 3 atom stereocenters. The van der Waals surface area contributed by atoms with Gasteiger partial charge in [0, 0.05) is 25.2 Å². The Morgan fingerprint density at radius 2 is 2.13 bits per heavy atom. The summed E-state index contributed by atoms with van der Waals surface area (Å²) in [5.41, 5.74) is 0. The highest BCUT2D eigenvalue weighted by Gasteiger charge is 2.20. The molecule has 0 radical (unpaired) electrons. The van der Waals surface area contributed by atoms with Gasteiger partial charge in [-0.3, -0.25) is 4.90 Å². The maximum absolute atomic E-state index is 3.60. The zero-order chi connectivity index (χ0) is 11.3. The molecule has 1 saturated heterocycles. The van der Waals surface area contributed by atoms with Crippen LogP contribution in [0, 0.1) is 5.92 Å². The van der Waals surface area contributed by atoms with Crippen LogP contribution < -0.4 is 5.32 Å². The number of likely N-dealkylation sites (tertiary alicyclic amines) is 1. The van der Waals surface area contributed by atoms with Crippen LogP contribution in [0.4, 0.5) is 0 Å². The van der Waals surface area contributed by atoms with E-state index in [1.54, 1.807) is 0 Å². The highest BCUT2D eigenvalue weighted by Crippen LogP contribution is 2.17. The van der Waals surface area contributed by atoms with Crippen molar-refractivity contribution in [3.8, 4) is 0 Å². The lowest BCUT2D eigenvalue weighted by atomic mass is 9.99. The van der Waals surface area contributed by atoms with Gasteiger partial charge in [-0.2, -0.15) is 0 Å². The van der Waals surface area contributed by atoms with Gasteiger partial charge in [-0.1, -0.05) is 13.8 Å². The summed E-state index contributed by atoms with van der Waals surface area (Å²) in [4.78, 5) is 2.64. The van der Waals surface area contributed by atoms with Crippen LogP contribution in [0.1, 0.15) is 47.0 Å². The van der Waals surface area contributed by atoms with E-state index in [-0.39, 0.29) is 0 Å². The number of nitrogens with one attached hydrogen (secondary N) is 1. The molecule has 1 aliphatic rings. The zero-order valence-corrected chi connectivity index (χ0v) is 10.9. The van der Waals surface area contributed by atoms with Gasteiger partial charge in [0.15, 0.2) is 0 Å². The average molecular weight is 212 g/mol. The number of hydrogen-bond donors (Lipinski definition) is 1. The summed E-state index contributed by atoms with van der Waals surface area (Å²) in [6.45, 7) is 13.0. The highest BCUT2D eigenvalue weighted by molar-refractivity contribution is 4.77. The molecule has 1 N–H and O–H groups in total. The fourth-order valence-corrected chi connectivity index (χ4v) is 2.27. The van der Waals surface area contributed by atoms with Gasteiger partial charge in [-0.15, -0.1) is 0 Å². The number of nitrogens with zero attached hydrogens (tertiary/aromatic N) is 1. The molecule has 0 aliphatic carbocycles. The molecular formula is C13H28N2. The van der Waals surface area contributed by atoms with Gasteiger partial charge in [0.1, 0.15) is 0 Å². The van der Waals surface area contributed by atoms with E-state index in [2.05, 4.69) is 37.9 Å². The zero-order valence-electron chi connectivity index (χ0n) is 10.9. The van der Waals surface area contributed by atoms with E-state index in [9.17, 15) is 0 Å². The molecular weight excluding hydrogens is 184 g/mol. The topological polar surface area (TPSA) is 15.3 Å². The summed E-state index contributed by atoms with van der Waals surface area (Å²) < 4.78 is 0. The van der Waals surface area contributed by atoms with E-state index in [4.69, 9.17) is 0 Å². The Labute approximate surface area is 95.4 Å². The second-order valence-electron chi connectivity index (χ2n) is 5.31. The molecule has 15 heavy (non-hydrogen) atoms. The predicted octanol–water partition coefficient (Wildman–Crippen LogP) is 2.49. The van der Waals surface area contributed by atoms with Crippen LogP contribution in [0.15, 0.2) is 0 Å². The third-order valence-corrected chi connectivity index (χ3v) is 3.69. The molecule has 1 rings (SSSR count). The SMILES string of the molecule is CCC(C)NCC(C)N1CCCC(C)C1. The summed E-state index contributed by atoms with van der Waals surface area (Å²) in [6.07, 6.45) is 4.03. The molecule has 90 valence electrons. The third-order valence-electron chi connectivity index (χ3n) is 3.69. The van der Waals surface area contributed by atoms with Crippen LogP contribution in [-0.4, -0.2) is 36.6 Å². The van der Waals surface area contributed by atoms with Crippen LogP contribution in [-0.2, 0) is 0 Å². The van der Waals surface area contributed by atoms with Crippen molar-refractivity contribution >= 4 is 0 Å². The molecule has 0 aromatic rings. The van der Waals surface area contributed by atoms with Gasteiger partial charge in [0.25, 0.3) is 0 Å². The van der Waals surface area contributed by atoms with E-state index in [1.165, 1.54) is 32.4 Å². The van der Waals surface area contributed by atoms with Crippen molar-refractivity contribution < 1.29 is 0 Å². The van der Waals surface area contributed by atoms with E-state index >= 15 is 0 Å². The Hall–Kier alpha value is -0.0800. The van der Waals surface area contributed by atoms with E-state index in [0.29, 0.717) is 12.1 Å². The van der Waals surface area contributed by atoms with Crippen molar-refractivity contribution in [1.29, 1.82) is 0 Å². The molecule has 1 aliphatic heterocycles. The minimum absolute atomic E-state index is 0.662. The van der Waals surface area contributed by atoms with Crippen LogP contribution in [0.25, 0.3) is 0 Å². The van der Waals surface area contributed by atoms with Gasteiger partial charge in [0.2, 0.25) is 0 Å². The smallest absolute Gasteiger partial charge is 0.0192 e. The predicted molar refractivity (Wildman–Crippen MR) is 67.2 cm³/mol. The quantitative estimate of drug-likeness (QED) is 0.753. The second-order valence-corrected chi connectivity index (χ2v) is 5.31. The minimum atomic E-state index is 0.662. The molecule has 2 nitrogen and oxygen atoms in total. The Morgan fingerprint density at radius 3 is 2.73 bits per heavy atom. The molecule has 0 aromatic heterocycles. The van der Waals surface area contributed by atoms with Gasteiger partial charge in [-0.25, -0.2) is 0 Å². The van der Waals surface area contributed by atoms with Crippen molar-refractivity contribution in [2.75, 3.05) is 19.6 Å². The lowest BCUT2D eigenvalue weighted by Crippen LogP contribution is -2.46. The van der Waals surface area contributed by atoms with E-state index < -0.39 is 0 Å². The standard InChI is InChI=1S/C13H28N2/c1-5-12(3)14-9-13(4)15-8-6-7-11(2)10-15/h11-14H,5-10H2,1-4H3. The average Bonchev–Trinajstić information content (AvgIpc) is 2.25. The largest absolute Gasteiger partial charge is 0.313 e. The lowest BCUT2D eigenvalue weighted by molar-refractivity contribution is 0.135. The fraction of sp³-hybridized carbons (Fsp3) is 1.00. The molecule has 1 fully saturated rings. The molecule has 0 bridgehead atoms. The molecule has 0 spiro atoms. The number of rotatable bonds is 5. The van der Waals surface area contributed by atoms with E-state index in [1.807, 2.05) is 0 Å². The Kier molecular flexibility index (Phi) is 5.62. The van der Waals surface area contributed by atoms with Crippen LogP contribution in [0.5, 0.6) is 0 Å². The van der Waals surface area contributed by atoms with Crippen LogP contribution >= 0.6 is 0 Å². The normalized spacial score (nSPS) is 27.6. The van der Waals surface area contributed by atoms with Gasteiger partial charge in [0.05, 0.1) is 0 Å². The summed E-state index contributed by atoms with van der Waals surface area (Å²) in [6, 6.07) is 1.36. The van der Waals surface area contributed by atoms with Crippen LogP contribution in [0.3, 0.4) is 0 Å². The molecule has 1 heterocycles. The maximum Gasteiger partial charge on any atom is 0.0192 e. The number of piperidine rings is 1. The first-order valence-corrected chi connectivity index (χ1v) is 6.61. The first kappa shape index (κ1) is 13.0. The highest BCUT2D eigenvalue weighted by atomic mass is 15.2. The Morgan fingerprint density at radius 1 is 1.40 bits per heavy atom. The van der Waals surface area contributed by atoms with Crippen molar-refractivity contribution in [2.24, 2.45) is 5.92 Å². The summed E-state index contributed by atoms with van der Waals surface area (Å²) in [7, 11) is 0. The fourth-order valence-electron chi connectivity index (χ4n) is 2.27. The summed E-state index contributed by atoms with van der Waals surface area (Å²) >= 11 is 0. The lowest BCUT2D eigenvalue weighted by Gasteiger charge is -2.36. The Balaban J connectivity index is 2.23. The number of hydrogen-bond acceptors (Lipinski definition) is 2. The minimum Gasteiger partial charge on any atom is -0.313 e.